The molecule has 2 heterocycles. The number of likely N-dealkylation sites (tertiary alicyclic amines) is 1. The first-order chi connectivity index (χ1) is 15.0. The van der Waals surface area contributed by atoms with E-state index in [2.05, 4.69) is 11.4 Å². The van der Waals surface area contributed by atoms with Crippen molar-refractivity contribution in [2.75, 3.05) is 33.2 Å². The van der Waals surface area contributed by atoms with Crippen molar-refractivity contribution in [1.29, 1.82) is 5.26 Å². The maximum Gasteiger partial charge on any atom is 0.414 e. The summed E-state index contributed by atoms with van der Waals surface area (Å²) in [4.78, 5) is 24.6. The summed E-state index contributed by atoms with van der Waals surface area (Å²) >= 11 is 0. The molecule has 1 amide bonds. The summed E-state index contributed by atoms with van der Waals surface area (Å²) in [6.07, 6.45) is 7.93. The number of nitriles is 1. The van der Waals surface area contributed by atoms with Gasteiger partial charge in [-0.05, 0) is 51.5 Å². The minimum atomic E-state index is -0.381. The van der Waals surface area contributed by atoms with E-state index >= 15 is 0 Å². The summed E-state index contributed by atoms with van der Waals surface area (Å²) in [5.41, 5.74) is 3.33. The first kappa shape index (κ1) is 24.4. The monoisotopic (exact) mass is 430 g/mol. The first-order valence-corrected chi connectivity index (χ1v) is 10.6. The minimum absolute atomic E-state index is 0.195. The van der Waals surface area contributed by atoms with Gasteiger partial charge >= 0.3 is 6.09 Å². The summed E-state index contributed by atoms with van der Waals surface area (Å²) < 4.78 is 20.1. The van der Waals surface area contributed by atoms with Gasteiger partial charge in [-0.15, -0.1) is 0 Å². The molecular weight excluding hydrogens is 399 g/mol. The number of amides is 1. The van der Waals surface area contributed by atoms with Gasteiger partial charge in [-0.1, -0.05) is 12.5 Å². The number of likely N-dealkylation sites (N-methyl/N-ethyl adjacent to an activating group) is 1. The Morgan fingerprint density at radius 3 is 2.65 bits per heavy atom. The fraction of sp³-hybridized carbons (Fsp3) is 0.522. The van der Waals surface area contributed by atoms with Crippen LogP contribution in [-0.2, 0) is 9.53 Å². The molecular formula is C23H31FN4O3. The third kappa shape index (κ3) is 6.28. The van der Waals surface area contributed by atoms with E-state index in [9.17, 15) is 14.4 Å². The van der Waals surface area contributed by atoms with Crippen LogP contribution in [0.1, 0.15) is 39.5 Å². The van der Waals surface area contributed by atoms with E-state index in [1.54, 1.807) is 11.0 Å². The van der Waals surface area contributed by atoms with Gasteiger partial charge in [0.05, 0.1) is 18.3 Å². The molecule has 2 aliphatic heterocycles. The van der Waals surface area contributed by atoms with Crippen LogP contribution in [0.5, 0.6) is 0 Å². The second-order valence-electron chi connectivity index (χ2n) is 7.41. The highest BCUT2D eigenvalue weighted by Crippen LogP contribution is 2.30. The molecule has 168 valence electrons. The number of cyclic esters (lactones) is 1. The summed E-state index contributed by atoms with van der Waals surface area (Å²) in [5, 5.41) is 12.2. The SMILES string of the molecule is CC=O.CCC(C#N)=C1CCN(C2=CC=C(N3CC(CNC)OC3=O)CC=C2F)CC1. The van der Waals surface area contributed by atoms with Crippen LogP contribution in [0.15, 0.2) is 46.6 Å². The zero-order chi connectivity index (χ0) is 22.8. The van der Waals surface area contributed by atoms with Crippen molar-refractivity contribution in [1.82, 2.24) is 15.1 Å². The van der Waals surface area contributed by atoms with Gasteiger partial charge in [-0.2, -0.15) is 5.26 Å². The number of nitrogens with one attached hydrogen (secondary N) is 1. The van der Waals surface area contributed by atoms with Gasteiger partial charge in [-0.25, -0.2) is 9.18 Å². The number of halogens is 1. The Morgan fingerprint density at radius 2 is 2.06 bits per heavy atom. The predicted molar refractivity (Wildman–Crippen MR) is 116 cm³/mol. The topological polar surface area (TPSA) is 85.7 Å². The maximum absolute atomic E-state index is 14.7. The molecule has 0 radical (unpaired) electrons. The van der Waals surface area contributed by atoms with Gasteiger partial charge in [-0.3, -0.25) is 4.90 Å². The number of hydrogen-bond donors (Lipinski definition) is 1. The molecule has 31 heavy (non-hydrogen) atoms. The molecule has 2 saturated heterocycles. The van der Waals surface area contributed by atoms with Gasteiger partial charge < -0.3 is 19.7 Å². The number of aldehydes is 1. The average molecular weight is 431 g/mol. The van der Waals surface area contributed by atoms with E-state index < -0.39 is 0 Å². The minimum Gasteiger partial charge on any atom is -0.443 e. The van der Waals surface area contributed by atoms with Crippen LogP contribution < -0.4 is 5.32 Å². The van der Waals surface area contributed by atoms with E-state index in [4.69, 9.17) is 9.53 Å². The Labute approximate surface area is 183 Å². The summed E-state index contributed by atoms with van der Waals surface area (Å²) in [6.45, 7) is 5.87. The Balaban J connectivity index is 0.00000107. The Morgan fingerprint density at radius 1 is 1.39 bits per heavy atom. The summed E-state index contributed by atoms with van der Waals surface area (Å²) in [7, 11) is 1.81. The van der Waals surface area contributed by atoms with Crippen LogP contribution >= 0.6 is 0 Å². The number of carbonyl (C=O) groups is 2. The van der Waals surface area contributed by atoms with Crippen LogP contribution in [0, 0.1) is 11.3 Å². The molecule has 1 atom stereocenters. The highest BCUT2D eigenvalue weighted by Gasteiger charge is 2.33. The van der Waals surface area contributed by atoms with Gasteiger partial charge in [0.1, 0.15) is 18.2 Å². The van der Waals surface area contributed by atoms with Gasteiger partial charge in [0.2, 0.25) is 0 Å². The third-order valence-corrected chi connectivity index (χ3v) is 5.44. The Bertz CT molecular complexity index is 828. The maximum atomic E-state index is 14.7. The van der Waals surface area contributed by atoms with Crippen molar-refractivity contribution in [3.63, 3.8) is 0 Å². The van der Waals surface area contributed by atoms with Crippen molar-refractivity contribution in [2.45, 2.75) is 45.6 Å². The predicted octanol–water partition coefficient (Wildman–Crippen LogP) is 3.58. The largest absolute Gasteiger partial charge is 0.443 e. The standard InChI is InChI=1S/C21H27FN4O2.C2H4O/c1-3-15(12-23)16-8-10-25(11-9-16)20-7-5-17(4-6-19(20)22)26-14-18(13-24-2)28-21(26)27;1-2-3/h5-7,18,24H,3-4,8-11,13-14H2,1-2H3;2H,1H3. The molecule has 1 unspecified atom stereocenters. The number of carbonyl (C=O) groups excluding carboxylic acids is 2. The number of hydrogen-bond acceptors (Lipinski definition) is 6. The molecule has 7 nitrogen and oxygen atoms in total. The lowest BCUT2D eigenvalue weighted by Gasteiger charge is -2.32. The number of nitrogens with zero attached hydrogens (tertiary/aromatic N) is 3. The van der Waals surface area contributed by atoms with Crippen LogP contribution in [0.3, 0.4) is 0 Å². The fourth-order valence-electron chi connectivity index (χ4n) is 3.90. The number of ether oxygens (including phenoxy) is 1. The number of allylic oxidation sites excluding steroid dienone is 5. The molecule has 8 heteroatoms. The van der Waals surface area contributed by atoms with E-state index in [1.807, 2.05) is 24.9 Å². The molecule has 2 fully saturated rings. The van der Waals surface area contributed by atoms with E-state index in [1.165, 1.54) is 18.6 Å². The molecule has 3 rings (SSSR count). The first-order valence-electron chi connectivity index (χ1n) is 10.6. The van der Waals surface area contributed by atoms with Gasteiger partial charge in [0, 0.05) is 37.3 Å². The van der Waals surface area contributed by atoms with Crippen LogP contribution in [-0.4, -0.2) is 61.5 Å². The Hall–Kier alpha value is -2.92. The molecule has 0 aromatic heterocycles. The van der Waals surface area contributed by atoms with Crippen molar-refractivity contribution in [3.8, 4) is 6.07 Å². The van der Waals surface area contributed by atoms with E-state index in [0.29, 0.717) is 38.3 Å². The fourth-order valence-corrected chi connectivity index (χ4v) is 3.90. The average Bonchev–Trinajstić information content (AvgIpc) is 3.01. The van der Waals surface area contributed by atoms with Crippen molar-refractivity contribution < 1.29 is 18.7 Å². The number of piperidine rings is 1. The number of rotatable bonds is 5. The molecule has 1 aliphatic carbocycles. The van der Waals surface area contributed by atoms with Crippen LogP contribution in [0.25, 0.3) is 0 Å². The zero-order valence-corrected chi connectivity index (χ0v) is 18.5. The smallest absolute Gasteiger partial charge is 0.414 e. The highest BCUT2D eigenvalue weighted by molar-refractivity contribution is 5.72. The quantitative estimate of drug-likeness (QED) is 0.530. The van der Waals surface area contributed by atoms with E-state index in [-0.39, 0.29) is 18.0 Å². The summed E-state index contributed by atoms with van der Waals surface area (Å²) in [5.74, 6) is -0.269. The lowest BCUT2D eigenvalue weighted by molar-refractivity contribution is -0.106. The highest BCUT2D eigenvalue weighted by atomic mass is 19.1. The zero-order valence-electron chi connectivity index (χ0n) is 18.5. The molecule has 0 saturated carbocycles. The lowest BCUT2D eigenvalue weighted by Crippen LogP contribution is -2.30. The molecule has 0 aromatic carbocycles. The third-order valence-electron chi connectivity index (χ3n) is 5.44. The molecule has 0 bridgehead atoms. The van der Waals surface area contributed by atoms with Gasteiger partial charge in [0.15, 0.2) is 0 Å². The lowest BCUT2D eigenvalue weighted by atomic mass is 9.96. The van der Waals surface area contributed by atoms with Gasteiger partial charge in [0.25, 0.3) is 0 Å². The molecule has 0 spiro atoms. The molecule has 0 aromatic rings. The van der Waals surface area contributed by atoms with Crippen LogP contribution in [0.2, 0.25) is 0 Å². The molecule has 1 N–H and O–H groups in total. The summed E-state index contributed by atoms with van der Waals surface area (Å²) in [6, 6.07) is 2.29. The normalized spacial score (nSPS) is 21.0. The molecule has 3 aliphatic rings. The van der Waals surface area contributed by atoms with Crippen LogP contribution in [0.4, 0.5) is 9.18 Å². The van der Waals surface area contributed by atoms with E-state index in [0.717, 1.165) is 36.8 Å². The van der Waals surface area contributed by atoms with Crippen molar-refractivity contribution in [2.24, 2.45) is 0 Å². The van der Waals surface area contributed by atoms with Crippen molar-refractivity contribution >= 4 is 12.4 Å². The second kappa shape index (κ2) is 12.1. The van der Waals surface area contributed by atoms with Crippen molar-refractivity contribution in [3.05, 3.63) is 46.6 Å². The second-order valence-corrected chi connectivity index (χ2v) is 7.41. The Kier molecular flexibility index (Phi) is 9.47.